The lowest BCUT2D eigenvalue weighted by molar-refractivity contribution is -0.182. The van der Waals surface area contributed by atoms with Gasteiger partial charge in [-0.2, -0.15) is 13.2 Å². The quantitative estimate of drug-likeness (QED) is 0.137. The van der Waals surface area contributed by atoms with Gasteiger partial charge < -0.3 is 69.5 Å². The van der Waals surface area contributed by atoms with E-state index in [1.165, 1.54) is 92.9 Å². The first kappa shape index (κ1) is 86.3. The van der Waals surface area contributed by atoms with E-state index in [0.717, 1.165) is 46.8 Å². The van der Waals surface area contributed by atoms with E-state index in [9.17, 15) is 41.9 Å². The summed E-state index contributed by atoms with van der Waals surface area (Å²) in [6.07, 6.45) is 3.66. The van der Waals surface area contributed by atoms with Crippen LogP contribution in [0.25, 0.3) is 0 Å². The Labute approximate surface area is 618 Å². The molecule has 26 nitrogen and oxygen atoms in total. The molecule has 0 aromatic rings. The van der Waals surface area contributed by atoms with Gasteiger partial charge >= 0.3 is 6.18 Å². The summed E-state index contributed by atoms with van der Waals surface area (Å²) in [7, 11) is 12.6. The molecule has 12 amide bonds. The van der Waals surface area contributed by atoms with Crippen molar-refractivity contribution < 1.29 is 80.2 Å². The van der Waals surface area contributed by atoms with Crippen molar-refractivity contribution in [3.8, 4) is 0 Å². The summed E-state index contributed by atoms with van der Waals surface area (Å²) < 4.78 is 54.0. The van der Waals surface area contributed by atoms with Crippen LogP contribution in [-0.4, -0.2) is 289 Å². The van der Waals surface area contributed by atoms with E-state index >= 15 is 28.8 Å². The van der Waals surface area contributed by atoms with E-state index in [1.54, 1.807) is 26.8 Å². The third-order valence-electron chi connectivity index (χ3n) is 23.0. The van der Waals surface area contributed by atoms with E-state index in [-0.39, 0.29) is 96.4 Å². The Morgan fingerprint density at radius 1 is 0.692 bits per heavy atom. The molecule has 30 heteroatoms. The zero-order chi connectivity index (χ0) is 77.6. The maximum Gasteiger partial charge on any atom is 0.393 e. The van der Waals surface area contributed by atoms with Crippen LogP contribution in [0, 0.1) is 35.0 Å². The largest absolute Gasteiger partial charge is 0.393 e. The number of hydrogen-bond acceptors (Lipinski definition) is 14. The SMILES string of the molecule is CCO[C@@H]1C[C@H]2C(=O)NC3(CC(C)(C)C3)C(=O)N(C)[C@@H](C(CC)CC)C(=O)N(C)[C@H](C(=O)N(C)C)CC(=O)N(C)[C@@H](COC)C(=O)N[C@@H]([C@@H](C)CC)C(=O)N(C)CC(=O)N(C)[C@H]3C/C=C\CCN(C3=O)[C@@H](CC3CCCCC3)C(=O)N(C)CC(=O)N[C@@H](CCC3CCC(C(F)(F)F)C(Cl)C3)C(=O)N2C1. The first-order valence-electron chi connectivity index (χ1n) is 37.6. The Morgan fingerprint density at radius 2 is 1.34 bits per heavy atom. The third kappa shape index (κ3) is 21.2. The van der Waals surface area contributed by atoms with Crippen molar-refractivity contribution in [1.29, 1.82) is 0 Å². The molecule has 3 aliphatic carbocycles. The van der Waals surface area contributed by atoms with Gasteiger partial charge in [-0.05, 0) is 100 Å². The maximum absolute atomic E-state index is 15.7. The number of amides is 12. The number of alkyl halides is 4. The third-order valence-corrected chi connectivity index (χ3v) is 23.5. The lowest BCUT2D eigenvalue weighted by Gasteiger charge is -2.54. The Hall–Kier alpha value is -6.62. The fraction of sp³-hybridized carbons (Fsp3) is 0.811. The molecule has 5 fully saturated rings. The molecule has 1 spiro atoms. The number of likely N-dealkylation sites (N-methyl/N-ethyl adjacent to an activating group) is 7. The number of carbonyl (C=O) groups is 12. The van der Waals surface area contributed by atoms with E-state index in [1.807, 2.05) is 33.8 Å². The van der Waals surface area contributed by atoms with Gasteiger partial charge in [0.15, 0.2) is 0 Å². The Morgan fingerprint density at radius 3 is 1.91 bits per heavy atom. The number of nitrogens with zero attached hydrogens (tertiary/aromatic N) is 9. The van der Waals surface area contributed by atoms with Crippen LogP contribution < -0.4 is 16.0 Å². The summed E-state index contributed by atoms with van der Waals surface area (Å²) in [6.45, 7) is 11.3. The number of nitrogens with one attached hydrogen (secondary N) is 3. The summed E-state index contributed by atoms with van der Waals surface area (Å²) in [6, 6.07) is -10.6. The molecule has 6 aliphatic rings. The van der Waals surface area contributed by atoms with Gasteiger partial charge in [-0.1, -0.05) is 105 Å². The molecule has 104 heavy (non-hydrogen) atoms. The summed E-state index contributed by atoms with van der Waals surface area (Å²) in [5, 5.41) is 7.48. The normalized spacial score (nSPS) is 30.2. The predicted molar refractivity (Wildman–Crippen MR) is 384 cm³/mol. The molecule has 0 aromatic carbocycles. The molecule has 3 N–H and O–H groups in total. The van der Waals surface area contributed by atoms with Gasteiger partial charge in [0.25, 0.3) is 0 Å². The average molecular weight is 1490 g/mol. The molecule has 0 radical (unpaired) electrons. The van der Waals surface area contributed by atoms with Gasteiger partial charge in [-0.15, -0.1) is 11.6 Å². The van der Waals surface area contributed by atoms with E-state index in [4.69, 9.17) is 21.1 Å². The molecular formula is C74H120ClF3N12O14. The number of halogens is 4. The second-order valence-electron chi connectivity index (χ2n) is 31.3. The van der Waals surface area contributed by atoms with E-state index in [0.29, 0.717) is 25.7 Å². The average Bonchev–Trinajstić information content (AvgIpc) is 0.900. The molecule has 13 atom stereocenters. The Balaban J connectivity index is 1.48. The van der Waals surface area contributed by atoms with Crippen molar-refractivity contribution >= 4 is 82.5 Å². The van der Waals surface area contributed by atoms with Crippen molar-refractivity contribution in [1.82, 2.24) is 60.0 Å². The Bertz CT molecular complexity index is 3070. The highest BCUT2D eigenvalue weighted by Crippen LogP contribution is 2.50. The monoisotopic (exact) mass is 1490 g/mol. The number of hydrogen-bond donors (Lipinski definition) is 3. The molecule has 3 saturated carbocycles. The highest BCUT2D eigenvalue weighted by Gasteiger charge is 2.59. The molecule has 3 heterocycles. The number of fused-ring (bicyclic) bond motifs is 3. The van der Waals surface area contributed by atoms with Crippen molar-refractivity contribution in [2.24, 2.45) is 35.0 Å². The second-order valence-corrected chi connectivity index (χ2v) is 31.9. The standard InChI is InChI=1S/C74H120ClF3N12O14/c1-17-45(5)61-69(100)84(11)41-60(93)85(12)53-29-25-22-26-34-89(68(53)99)56(36-46-27-23-21-24-28-46)67(98)83(10)40-58(91)79-52(33-31-47-30-32-50(51(75)35-47)74(76,77)78)65(96)90-39-49(104-20-4)37-54(90)64(95)81-73(43-72(6,7)44-73)71(102)88(15)62(48(18-2)19-3)70(101)87(14)55(66(97)82(8)9)38-59(92)86(13)57(42-103-16)63(94)80-61/h22,25,45-57,61-62H,17-21,23-24,26-44H2,1-16H3,(H,79,91)(H,80,94)(H,81,95)/b25-22-/t45-,47?,49+,50?,51?,52-,53-,54-,55-,56-,57-,61-,62-/m0/s1. The Kier molecular flexibility index (Phi) is 31.3. The zero-order valence-electron chi connectivity index (χ0n) is 64.5. The first-order valence-corrected chi connectivity index (χ1v) is 38.0. The van der Waals surface area contributed by atoms with Gasteiger partial charge in [-0.3, -0.25) is 57.5 Å². The van der Waals surface area contributed by atoms with Gasteiger partial charge in [0.2, 0.25) is 70.9 Å². The van der Waals surface area contributed by atoms with Crippen LogP contribution in [-0.2, 0) is 67.0 Å². The molecule has 0 aromatic heterocycles. The van der Waals surface area contributed by atoms with Crippen LogP contribution in [0.5, 0.6) is 0 Å². The summed E-state index contributed by atoms with van der Waals surface area (Å²) >= 11 is 6.45. The smallest absolute Gasteiger partial charge is 0.382 e. The molecule has 3 aliphatic heterocycles. The summed E-state index contributed by atoms with van der Waals surface area (Å²) in [5.41, 5.74) is -2.22. The minimum absolute atomic E-state index is 0.00180. The van der Waals surface area contributed by atoms with Crippen molar-refractivity contribution in [3.63, 3.8) is 0 Å². The highest BCUT2D eigenvalue weighted by molar-refractivity contribution is 6.21. The topological polar surface area (TPSA) is 289 Å². The molecule has 2 saturated heterocycles. The molecule has 588 valence electrons. The van der Waals surface area contributed by atoms with Crippen molar-refractivity contribution in [2.45, 2.75) is 248 Å². The minimum atomic E-state index is -4.53. The minimum Gasteiger partial charge on any atom is -0.382 e. The van der Waals surface area contributed by atoms with Gasteiger partial charge in [0, 0.05) is 95.0 Å². The summed E-state index contributed by atoms with van der Waals surface area (Å²) in [5.74, 6) is -11.6. The predicted octanol–water partition coefficient (Wildman–Crippen LogP) is 5.37. The molecular weight excluding hydrogens is 1370 g/mol. The lowest BCUT2D eigenvalue weighted by atomic mass is 9.58. The molecule has 6 rings (SSSR count). The number of rotatable bonds is 15. The number of carbonyl (C=O) groups excluding carboxylic acids is 12. The lowest BCUT2D eigenvalue weighted by Crippen LogP contribution is -2.71. The summed E-state index contributed by atoms with van der Waals surface area (Å²) in [4.78, 5) is 192. The fourth-order valence-corrected chi connectivity index (χ4v) is 17.2. The zero-order valence-corrected chi connectivity index (χ0v) is 65.2. The van der Waals surface area contributed by atoms with Crippen LogP contribution in [0.15, 0.2) is 12.2 Å². The van der Waals surface area contributed by atoms with Crippen molar-refractivity contribution in [2.75, 3.05) is 103 Å². The van der Waals surface area contributed by atoms with Gasteiger partial charge in [-0.25, -0.2) is 0 Å². The van der Waals surface area contributed by atoms with Gasteiger partial charge in [0.1, 0.15) is 53.9 Å². The van der Waals surface area contributed by atoms with Crippen LogP contribution in [0.4, 0.5) is 13.2 Å². The number of methoxy groups -OCH3 is 1. The number of ether oxygens (including phenoxy) is 2. The first-order chi connectivity index (χ1) is 48.8. The molecule has 2 bridgehead atoms. The van der Waals surface area contributed by atoms with Gasteiger partial charge in [0.05, 0.1) is 38.1 Å². The fourth-order valence-electron chi connectivity index (χ4n) is 16.7. The van der Waals surface area contributed by atoms with Crippen LogP contribution in [0.3, 0.4) is 0 Å². The second kappa shape index (κ2) is 37.8. The van der Waals surface area contributed by atoms with E-state index < -0.39 is 191 Å². The highest BCUT2D eigenvalue weighted by atomic mass is 35.5. The maximum atomic E-state index is 15.7. The van der Waals surface area contributed by atoms with Crippen LogP contribution in [0.2, 0.25) is 0 Å². The van der Waals surface area contributed by atoms with E-state index in [2.05, 4.69) is 16.0 Å². The van der Waals surface area contributed by atoms with Crippen LogP contribution in [0.1, 0.15) is 177 Å². The van der Waals surface area contributed by atoms with Crippen molar-refractivity contribution in [3.05, 3.63) is 12.2 Å². The molecule has 3 unspecified atom stereocenters. The van der Waals surface area contributed by atoms with Crippen LogP contribution >= 0.6 is 11.6 Å².